The number of nitrogens with zero attached hydrogens (tertiary/aromatic N) is 1. The molecular weight excluding hydrogens is 310 g/mol. The highest BCUT2D eigenvalue weighted by Gasteiger charge is 2.21. The molecule has 1 aromatic rings. The van der Waals surface area contributed by atoms with Crippen molar-refractivity contribution in [2.75, 3.05) is 32.6 Å². The van der Waals surface area contributed by atoms with Crippen LogP contribution in [0.25, 0.3) is 0 Å². The Morgan fingerprint density at radius 3 is 2.48 bits per heavy atom. The molecule has 0 unspecified atom stereocenters. The van der Waals surface area contributed by atoms with Gasteiger partial charge in [0.25, 0.3) is 0 Å². The maximum atomic E-state index is 5.44. The largest absolute Gasteiger partial charge is 0.497 e. The molecule has 0 atom stereocenters. The zero-order valence-corrected chi connectivity index (χ0v) is 15.2. The van der Waals surface area contributed by atoms with Crippen LogP contribution in [-0.2, 0) is 0 Å². The van der Waals surface area contributed by atoms with E-state index in [0.29, 0.717) is 22.9 Å². The second-order valence-corrected chi connectivity index (χ2v) is 6.48. The molecule has 1 aromatic carbocycles. The molecular formula is C17H27N3O2S. The van der Waals surface area contributed by atoms with Gasteiger partial charge in [0, 0.05) is 31.2 Å². The fraction of sp³-hybridized carbons (Fsp3) is 0.588. The highest BCUT2D eigenvalue weighted by Crippen LogP contribution is 2.29. The van der Waals surface area contributed by atoms with E-state index in [9.17, 15) is 0 Å². The number of hydrogen-bond acceptors (Lipinski definition) is 4. The molecule has 0 saturated carbocycles. The summed E-state index contributed by atoms with van der Waals surface area (Å²) in [5, 5.41) is 7.27. The third-order valence-electron chi connectivity index (χ3n) is 4.25. The van der Waals surface area contributed by atoms with Crippen LogP contribution in [0.2, 0.25) is 0 Å². The maximum absolute atomic E-state index is 5.44. The number of ether oxygens (including phenoxy) is 2. The van der Waals surface area contributed by atoms with Crippen LogP contribution in [0.4, 0.5) is 5.69 Å². The summed E-state index contributed by atoms with van der Waals surface area (Å²) in [5.41, 5.74) is 0.838. The van der Waals surface area contributed by atoms with Gasteiger partial charge in [0.1, 0.15) is 11.5 Å². The first-order valence-electron chi connectivity index (χ1n) is 8.07. The van der Waals surface area contributed by atoms with Crippen molar-refractivity contribution >= 4 is 23.0 Å². The van der Waals surface area contributed by atoms with Gasteiger partial charge >= 0.3 is 0 Å². The van der Waals surface area contributed by atoms with Crippen LogP contribution in [0.15, 0.2) is 18.2 Å². The van der Waals surface area contributed by atoms with Gasteiger partial charge in [0.05, 0.1) is 19.9 Å². The zero-order chi connectivity index (χ0) is 16.8. The number of benzene rings is 1. The summed E-state index contributed by atoms with van der Waals surface area (Å²) in [4.78, 5) is 2.50. The van der Waals surface area contributed by atoms with Crippen molar-refractivity contribution in [3.8, 4) is 11.5 Å². The average Bonchev–Trinajstić information content (AvgIpc) is 2.55. The van der Waals surface area contributed by atoms with E-state index >= 15 is 0 Å². The van der Waals surface area contributed by atoms with Gasteiger partial charge in [0.2, 0.25) is 0 Å². The molecule has 0 bridgehead atoms. The number of methoxy groups -OCH3 is 2. The van der Waals surface area contributed by atoms with Crippen molar-refractivity contribution < 1.29 is 9.47 Å². The van der Waals surface area contributed by atoms with Gasteiger partial charge < -0.3 is 25.0 Å². The second kappa shape index (κ2) is 8.36. The summed E-state index contributed by atoms with van der Waals surface area (Å²) < 4.78 is 10.6. The molecule has 0 aromatic heterocycles. The predicted octanol–water partition coefficient (Wildman–Crippen LogP) is 2.86. The monoisotopic (exact) mass is 337 g/mol. The first-order chi connectivity index (χ1) is 11.0. The van der Waals surface area contributed by atoms with Gasteiger partial charge in [-0.1, -0.05) is 0 Å². The molecule has 2 N–H and O–H groups in total. The molecule has 0 radical (unpaired) electrons. The minimum absolute atomic E-state index is 0.425. The van der Waals surface area contributed by atoms with Crippen LogP contribution >= 0.6 is 12.2 Å². The van der Waals surface area contributed by atoms with Crippen molar-refractivity contribution in [3.63, 3.8) is 0 Å². The van der Waals surface area contributed by atoms with Crippen molar-refractivity contribution in [2.24, 2.45) is 0 Å². The van der Waals surface area contributed by atoms with Crippen molar-refractivity contribution in [1.29, 1.82) is 0 Å². The van der Waals surface area contributed by atoms with Crippen LogP contribution in [0.5, 0.6) is 11.5 Å². The third kappa shape index (κ3) is 4.97. The Bertz CT molecular complexity index is 529. The van der Waals surface area contributed by atoms with E-state index in [4.69, 9.17) is 21.7 Å². The predicted molar refractivity (Wildman–Crippen MR) is 98.6 cm³/mol. The SMILES string of the molecule is COc1ccc(NC(=S)NC2CCN(C(C)C)CC2)c(OC)c1. The lowest BCUT2D eigenvalue weighted by Gasteiger charge is -2.35. The van der Waals surface area contributed by atoms with Gasteiger partial charge in [-0.05, 0) is 51.0 Å². The Kier molecular flexibility index (Phi) is 6.47. The molecule has 23 heavy (non-hydrogen) atoms. The molecule has 6 heteroatoms. The van der Waals surface area contributed by atoms with Gasteiger partial charge in [-0.3, -0.25) is 0 Å². The van der Waals surface area contributed by atoms with E-state index in [1.54, 1.807) is 14.2 Å². The molecule has 0 spiro atoms. The fourth-order valence-electron chi connectivity index (χ4n) is 2.81. The molecule has 2 rings (SSSR count). The van der Waals surface area contributed by atoms with Gasteiger partial charge in [-0.25, -0.2) is 0 Å². The van der Waals surface area contributed by atoms with E-state index in [1.165, 1.54) is 0 Å². The lowest BCUT2D eigenvalue weighted by Crippen LogP contribution is -2.47. The number of nitrogens with one attached hydrogen (secondary N) is 2. The maximum Gasteiger partial charge on any atom is 0.171 e. The van der Waals surface area contributed by atoms with Gasteiger partial charge in [-0.15, -0.1) is 0 Å². The highest BCUT2D eigenvalue weighted by molar-refractivity contribution is 7.80. The summed E-state index contributed by atoms with van der Waals surface area (Å²) in [6.07, 6.45) is 2.22. The lowest BCUT2D eigenvalue weighted by atomic mass is 10.0. The Morgan fingerprint density at radius 1 is 1.22 bits per heavy atom. The Morgan fingerprint density at radius 2 is 1.91 bits per heavy atom. The number of thiocarbonyl (C=S) groups is 1. The van der Waals surface area contributed by atoms with Crippen molar-refractivity contribution in [3.05, 3.63) is 18.2 Å². The van der Waals surface area contributed by atoms with Gasteiger partial charge in [0.15, 0.2) is 5.11 Å². The molecule has 0 amide bonds. The number of rotatable bonds is 5. The number of hydrogen-bond donors (Lipinski definition) is 2. The van der Waals surface area contributed by atoms with E-state index < -0.39 is 0 Å². The molecule has 5 nitrogen and oxygen atoms in total. The molecule has 1 aliphatic heterocycles. The van der Waals surface area contributed by atoms with E-state index in [1.807, 2.05) is 18.2 Å². The topological polar surface area (TPSA) is 45.8 Å². The van der Waals surface area contributed by atoms with Crippen LogP contribution < -0.4 is 20.1 Å². The quantitative estimate of drug-likeness (QED) is 0.806. The average molecular weight is 337 g/mol. The number of likely N-dealkylation sites (tertiary alicyclic amines) is 1. The Labute approximate surface area is 144 Å². The second-order valence-electron chi connectivity index (χ2n) is 6.07. The van der Waals surface area contributed by atoms with Crippen LogP contribution in [-0.4, -0.2) is 49.4 Å². The smallest absolute Gasteiger partial charge is 0.171 e. The zero-order valence-electron chi connectivity index (χ0n) is 14.4. The molecule has 1 fully saturated rings. The van der Waals surface area contributed by atoms with Crippen LogP contribution in [0.3, 0.4) is 0 Å². The summed E-state index contributed by atoms with van der Waals surface area (Å²) in [6, 6.07) is 6.67. The Balaban J connectivity index is 1.88. The minimum atomic E-state index is 0.425. The van der Waals surface area contributed by atoms with Gasteiger partial charge in [-0.2, -0.15) is 0 Å². The summed E-state index contributed by atoms with van der Waals surface area (Å²) in [6.45, 7) is 6.72. The standard InChI is InChI=1S/C17H27N3O2S/c1-12(2)20-9-7-13(8-10-20)18-17(23)19-15-6-5-14(21-3)11-16(15)22-4/h5-6,11-13H,7-10H2,1-4H3,(H2,18,19,23). The molecule has 1 heterocycles. The Hall–Kier alpha value is -1.53. The molecule has 128 valence electrons. The van der Waals surface area contributed by atoms with E-state index in [2.05, 4.69) is 29.4 Å². The lowest BCUT2D eigenvalue weighted by molar-refractivity contribution is 0.168. The third-order valence-corrected chi connectivity index (χ3v) is 4.47. The number of piperidine rings is 1. The van der Waals surface area contributed by atoms with Crippen molar-refractivity contribution in [2.45, 2.75) is 38.8 Å². The molecule has 1 saturated heterocycles. The summed E-state index contributed by atoms with van der Waals surface area (Å²) in [7, 11) is 3.27. The summed E-state index contributed by atoms with van der Waals surface area (Å²) >= 11 is 5.44. The van der Waals surface area contributed by atoms with Crippen molar-refractivity contribution in [1.82, 2.24) is 10.2 Å². The minimum Gasteiger partial charge on any atom is -0.497 e. The van der Waals surface area contributed by atoms with Crippen LogP contribution in [0, 0.1) is 0 Å². The normalized spacial score (nSPS) is 16.2. The first-order valence-corrected chi connectivity index (χ1v) is 8.48. The van der Waals surface area contributed by atoms with E-state index in [0.717, 1.165) is 37.4 Å². The highest BCUT2D eigenvalue weighted by atomic mass is 32.1. The van der Waals surface area contributed by atoms with Crippen LogP contribution in [0.1, 0.15) is 26.7 Å². The molecule has 0 aliphatic carbocycles. The molecule has 1 aliphatic rings. The summed E-state index contributed by atoms with van der Waals surface area (Å²) in [5.74, 6) is 1.47. The first kappa shape index (κ1) is 17.8. The fourth-order valence-corrected chi connectivity index (χ4v) is 3.08. The van der Waals surface area contributed by atoms with E-state index in [-0.39, 0.29) is 0 Å². The number of anilines is 1.